The number of carbonyl (C=O) groups is 1. The van der Waals surface area contributed by atoms with Crippen LogP contribution in [0.5, 0.6) is 5.75 Å². The number of esters is 1. The monoisotopic (exact) mass is 218 g/mol. The summed E-state index contributed by atoms with van der Waals surface area (Å²) in [6.45, 7) is 7.56. The third-order valence-electron chi connectivity index (χ3n) is 1.80. The van der Waals surface area contributed by atoms with Crippen molar-refractivity contribution >= 4 is 5.97 Å². The molecule has 0 N–H and O–H groups in total. The molecule has 0 saturated carbocycles. The van der Waals surface area contributed by atoms with E-state index >= 15 is 0 Å². The fourth-order valence-corrected chi connectivity index (χ4v) is 1.12. The van der Waals surface area contributed by atoms with Crippen LogP contribution in [0.2, 0.25) is 0 Å². The third kappa shape index (κ3) is 3.28. The molecule has 0 saturated heterocycles. The van der Waals surface area contributed by atoms with Crippen molar-refractivity contribution in [1.29, 1.82) is 0 Å². The fraction of sp³-hybridized carbons (Fsp3) is 0.154. The second-order valence-electron chi connectivity index (χ2n) is 2.98. The Labute approximate surface area is 95.0 Å². The lowest BCUT2D eigenvalue weighted by Gasteiger charge is -2.08. The van der Waals surface area contributed by atoms with Crippen LogP contribution in [0, 0.1) is 0 Å². The summed E-state index contributed by atoms with van der Waals surface area (Å²) in [5.74, 6) is 0.0797. The zero-order chi connectivity index (χ0) is 11.8. The van der Waals surface area contributed by atoms with E-state index < -0.39 is 5.97 Å². The van der Waals surface area contributed by atoms with Crippen molar-refractivity contribution in [1.82, 2.24) is 0 Å². The maximum Gasteiger partial charge on any atom is 0.342 e. The molecule has 0 aliphatic rings. The lowest BCUT2D eigenvalue weighted by molar-refractivity contribution is 0.0545. The number of hydrogen-bond acceptors (Lipinski definition) is 3. The highest BCUT2D eigenvalue weighted by Crippen LogP contribution is 2.18. The molecule has 0 aliphatic carbocycles. The van der Waals surface area contributed by atoms with Gasteiger partial charge in [-0.25, -0.2) is 4.79 Å². The number of ether oxygens (including phenoxy) is 2. The first-order valence-corrected chi connectivity index (χ1v) is 4.90. The molecule has 0 radical (unpaired) electrons. The van der Waals surface area contributed by atoms with E-state index in [4.69, 9.17) is 9.47 Å². The number of benzene rings is 1. The maximum atomic E-state index is 11.6. The minimum atomic E-state index is -0.417. The molecule has 0 fully saturated rings. The SMILES string of the molecule is C=CCOC(=O)c1ccccc1OCC=C. The van der Waals surface area contributed by atoms with Crippen LogP contribution < -0.4 is 4.74 Å². The van der Waals surface area contributed by atoms with Gasteiger partial charge >= 0.3 is 5.97 Å². The summed E-state index contributed by atoms with van der Waals surface area (Å²) in [5, 5.41) is 0. The standard InChI is InChI=1S/C13H14O3/c1-3-9-15-12-8-6-5-7-11(12)13(14)16-10-4-2/h3-8H,1-2,9-10H2. The first kappa shape index (κ1) is 12.0. The van der Waals surface area contributed by atoms with Gasteiger partial charge < -0.3 is 9.47 Å². The van der Waals surface area contributed by atoms with Crippen molar-refractivity contribution in [3.63, 3.8) is 0 Å². The van der Waals surface area contributed by atoms with Crippen LogP contribution in [0.4, 0.5) is 0 Å². The van der Waals surface area contributed by atoms with Gasteiger partial charge in [-0.05, 0) is 12.1 Å². The molecular weight excluding hydrogens is 204 g/mol. The van der Waals surface area contributed by atoms with Crippen molar-refractivity contribution < 1.29 is 14.3 Å². The minimum Gasteiger partial charge on any atom is -0.489 e. The molecule has 0 aromatic heterocycles. The Morgan fingerprint density at radius 3 is 2.56 bits per heavy atom. The van der Waals surface area contributed by atoms with Gasteiger partial charge in [0.15, 0.2) is 0 Å². The average molecular weight is 218 g/mol. The van der Waals surface area contributed by atoms with E-state index in [1.54, 1.807) is 30.3 Å². The molecule has 0 amide bonds. The Kier molecular flexibility index (Phi) is 4.86. The molecule has 1 aromatic carbocycles. The molecule has 0 bridgehead atoms. The molecule has 0 atom stereocenters. The van der Waals surface area contributed by atoms with E-state index in [0.29, 0.717) is 17.9 Å². The van der Waals surface area contributed by atoms with Crippen LogP contribution in [0.25, 0.3) is 0 Å². The van der Waals surface area contributed by atoms with Gasteiger partial charge in [0, 0.05) is 0 Å². The summed E-state index contributed by atoms with van der Waals surface area (Å²) in [6.07, 6.45) is 3.14. The molecule has 84 valence electrons. The minimum absolute atomic E-state index is 0.189. The quantitative estimate of drug-likeness (QED) is 0.544. The molecule has 1 rings (SSSR count). The number of hydrogen-bond donors (Lipinski definition) is 0. The second-order valence-corrected chi connectivity index (χ2v) is 2.98. The van der Waals surface area contributed by atoms with Gasteiger partial charge in [0.05, 0.1) is 0 Å². The number of carbonyl (C=O) groups excluding carboxylic acids is 1. The van der Waals surface area contributed by atoms with E-state index in [1.165, 1.54) is 6.08 Å². The van der Waals surface area contributed by atoms with Gasteiger partial charge in [0.25, 0.3) is 0 Å². The summed E-state index contributed by atoms with van der Waals surface area (Å²) < 4.78 is 10.3. The van der Waals surface area contributed by atoms with Gasteiger partial charge in [-0.3, -0.25) is 0 Å². The van der Waals surface area contributed by atoms with Crippen molar-refractivity contribution in [3.8, 4) is 5.75 Å². The van der Waals surface area contributed by atoms with Crippen molar-refractivity contribution in [2.45, 2.75) is 0 Å². The number of para-hydroxylation sites is 1. The Balaban J connectivity index is 2.80. The van der Waals surface area contributed by atoms with E-state index in [-0.39, 0.29) is 6.61 Å². The molecule has 16 heavy (non-hydrogen) atoms. The van der Waals surface area contributed by atoms with E-state index in [9.17, 15) is 4.79 Å². The largest absolute Gasteiger partial charge is 0.489 e. The Morgan fingerprint density at radius 1 is 1.19 bits per heavy atom. The molecule has 0 spiro atoms. The Morgan fingerprint density at radius 2 is 1.88 bits per heavy atom. The van der Waals surface area contributed by atoms with Crippen LogP contribution in [-0.4, -0.2) is 19.2 Å². The van der Waals surface area contributed by atoms with Crippen molar-refractivity contribution in [2.75, 3.05) is 13.2 Å². The van der Waals surface area contributed by atoms with E-state index in [2.05, 4.69) is 13.2 Å². The summed E-state index contributed by atoms with van der Waals surface area (Å²) in [7, 11) is 0. The lowest BCUT2D eigenvalue weighted by atomic mass is 10.2. The Bertz CT molecular complexity index is 383. The fourth-order valence-electron chi connectivity index (χ4n) is 1.12. The van der Waals surface area contributed by atoms with Gasteiger partial charge in [0.2, 0.25) is 0 Å². The van der Waals surface area contributed by atoms with E-state index in [0.717, 1.165) is 0 Å². The van der Waals surface area contributed by atoms with Crippen LogP contribution in [0.1, 0.15) is 10.4 Å². The maximum absolute atomic E-state index is 11.6. The summed E-state index contributed by atoms with van der Waals surface area (Å²) in [5.41, 5.74) is 0.409. The topological polar surface area (TPSA) is 35.5 Å². The van der Waals surface area contributed by atoms with Crippen LogP contribution >= 0.6 is 0 Å². The van der Waals surface area contributed by atoms with Gasteiger partial charge in [0.1, 0.15) is 24.5 Å². The normalized spacial score (nSPS) is 9.25. The highest BCUT2D eigenvalue weighted by molar-refractivity contribution is 5.92. The first-order chi connectivity index (χ1) is 7.79. The molecule has 1 aromatic rings. The second kappa shape index (κ2) is 6.45. The van der Waals surface area contributed by atoms with Gasteiger partial charge in [-0.1, -0.05) is 37.4 Å². The summed E-state index contributed by atoms with van der Waals surface area (Å²) in [6, 6.07) is 6.92. The Hall–Kier alpha value is -2.03. The van der Waals surface area contributed by atoms with E-state index in [1.807, 2.05) is 0 Å². The predicted octanol–water partition coefficient (Wildman–Crippen LogP) is 2.59. The summed E-state index contributed by atoms with van der Waals surface area (Å²) >= 11 is 0. The van der Waals surface area contributed by atoms with Crippen LogP contribution in [-0.2, 0) is 4.74 Å². The van der Waals surface area contributed by atoms with Gasteiger partial charge in [-0.2, -0.15) is 0 Å². The predicted molar refractivity (Wildman–Crippen MR) is 62.6 cm³/mol. The highest BCUT2D eigenvalue weighted by Gasteiger charge is 2.12. The number of rotatable bonds is 6. The average Bonchev–Trinajstić information content (AvgIpc) is 2.33. The molecule has 0 aliphatic heterocycles. The van der Waals surface area contributed by atoms with Gasteiger partial charge in [-0.15, -0.1) is 0 Å². The highest BCUT2D eigenvalue weighted by atomic mass is 16.5. The third-order valence-corrected chi connectivity index (χ3v) is 1.80. The van der Waals surface area contributed by atoms with Crippen LogP contribution in [0.3, 0.4) is 0 Å². The molecule has 3 heteroatoms. The smallest absolute Gasteiger partial charge is 0.342 e. The zero-order valence-electron chi connectivity index (χ0n) is 9.02. The first-order valence-electron chi connectivity index (χ1n) is 4.90. The van der Waals surface area contributed by atoms with Crippen molar-refractivity contribution in [2.24, 2.45) is 0 Å². The molecular formula is C13H14O3. The molecule has 3 nitrogen and oxygen atoms in total. The van der Waals surface area contributed by atoms with Crippen molar-refractivity contribution in [3.05, 3.63) is 55.1 Å². The molecule has 0 unspecified atom stereocenters. The lowest BCUT2D eigenvalue weighted by Crippen LogP contribution is -2.08. The molecule has 0 heterocycles. The van der Waals surface area contributed by atoms with Crippen LogP contribution in [0.15, 0.2) is 49.6 Å². The zero-order valence-corrected chi connectivity index (χ0v) is 9.02. The summed E-state index contributed by atoms with van der Waals surface area (Å²) in [4.78, 5) is 11.6.